The number of hydrogen-bond acceptors (Lipinski definition) is 2. The third-order valence-electron chi connectivity index (χ3n) is 5.66. The molecular weight excluding hydrogens is 370 g/mol. The summed E-state index contributed by atoms with van der Waals surface area (Å²) >= 11 is 0. The minimum Gasteiger partial charge on any atom is -0.457 e. The van der Waals surface area contributed by atoms with Gasteiger partial charge in [-0.2, -0.15) is 0 Å². The third-order valence-corrected chi connectivity index (χ3v) is 5.66. The van der Waals surface area contributed by atoms with Gasteiger partial charge in [0.1, 0.15) is 11.5 Å². The van der Waals surface area contributed by atoms with Gasteiger partial charge in [0, 0.05) is 6.20 Å². The first-order valence-corrected chi connectivity index (χ1v) is 10.5. The SMILES string of the molecule is Cc1ccc(Oc2ccc(N=Cc3[nH]c(-c4ccc[nH]4)c4c3CCCC4)cc2)cc1. The molecule has 0 saturated carbocycles. The molecule has 0 radical (unpaired) electrons. The Morgan fingerprint density at radius 2 is 1.57 bits per heavy atom. The van der Waals surface area contributed by atoms with Crippen molar-refractivity contribution in [3.8, 4) is 22.9 Å². The molecule has 4 nitrogen and oxygen atoms in total. The molecule has 0 fully saturated rings. The highest BCUT2D eigenvalue weighted by Crippen LogP contribution is 2.33. The predicted molar refractivity (Wildman–Crippen MR) is 122 cm³/mol. The van der Waals surface area contributed by atoms with E-state index in [1.54, 1.807) is 0 Å². The van der Waals surface area contributed by atoms with Gasteiger partial charge in [0.2, 0.25) is 0 Å². The number of fused-ring (bicyclic) bond motifs is 1. The fourth-order valence-electron chi connectivity index (χ4n) is 4.07. The Labute approximate surface area is 176 Å². The number of H-pyrrole nitrogens is 2. The van der Waals surface area contributed by atoms with Gasteiger partial charge in [-0.05, 0) is 92.3 Å². The van der Waals surface area contributed by atoms with Crippen LogP contribution in [0.25, 0.3) is 11.4 Å². The van der Waals surface area contributed by atoms with Gasteiger partial charge in [-0.15, -0.1) is 0 Å². The summed E-state index contributed by atoms with van der Waals surface area (Å²) in [6.45, 7) is 2.07. The van der Waals surface area contributed by atoms with Crippen molar-refractivity contribution in [3.63, 3.8) is 0 Å². The van der Waals surface area contributed by atoms with Crippen LogP contribution in [0.15, 0.2) is 71.9 Å². The summed E-state index contributed by atoms with van der Waals surface area (Å²) in [4.78, 5) is 11.7. The van der Waals surface area contributed by atoms with E-state index in [-0.39, 0.29) is 0 Å². The molecule has 150 valence electrons. The van der Waals surface area contributed by atoms with Crippen LogP contribution in [-0.2, 0) is 12.8 Å². The van der Waals surface area contributed by atoms with Crippen LogP contribution in [0.2, 0.25) is 0 Å². The van der Waals surface area contributed by atoms with Crippen molar-refractivity contribution in [1.82, 2.24) is 9.97 Å². The Morgan fingerprint density at radius 1 is 0.867 bits per heavy atom. The van der Waals surface area contributed by atoms with Gasteiger partial charge in [-0.25, -0.2) is 0 Å². The highest BCUT2D eigenvalue weighted by molar-refractivity contribution is 5.85. The summed E-state index contributed by atoms with van der Waals surface area (Å²) in [7, 11) is 0. The summed E-state index contributed by atoms with van der Waals surface area (Å²) in [5.41, 5.74) is 8.45. The molecular formula is C26H25N3O. The van der Waals surface area contributed by atoms with Crippen molar-refractivity contribution < 1.29 is 4.74 Å². The fraction of sp³-hybridized carbons (Fsp3) is 0.192. The van der Waals surface area contributed by atoms with Gasteiger partial charge < -0.3 is 14.7 Å². The molecule has 2 heterocycles. The first kappa shape index (κ1) is 18.5. The average Bonchev–Trinajstić information content (AvgIpc) is 3.43. The number of aryl methyl sites for hydroxylation is 1. The number of aromatic amines is 2. The molecule has 1 aliphatic rings. The van der Waals surface area contributed by atoms with E-state index in [0.29, 0.717) is 0 Å². The van der Waals surface area contributed by atoms with Gasteiger partial charge >= 0.3 is 0 Å². The normalized spacial score (nSPS) is 13.5. The molecule has 2 N–H and O–H groups in total. The topological polar surface area (TPSA) is 53.2 Å². The summed E-state index contributed by atoms with van der Waals surface area (Å²) in [5.74, 6) is 1.65. The number of ether oxygens (including phenoxy) is 1. The molecule has 4 aromatic rings. The first-order chi connectivity index (χ1) is 14.8. The number of rotatable bonds is 5. The Bertz CT molecular complexity index is 1150. The van der Waals surface area contributed by atoms with Crippen LogP contribution in [0.5, 0.6) is 11.5 Å². The number of nitrogens with one attached hydrogen (secondary N) is 2. The van der Waals surface area contributed by atoms with Crippen LogP contribution in [0.1, 0.15) is 35.2 Å². The standard InChI is InChI=1S/C26H25N3O/c1-18-8-12-20(13-9-18)30-21-14-10-19(11-15-21)28-17-25-22-5-2-3-6-23(22)26(29-25)24-7-4-16-27-24/h4,7-17,27,29H,2-3,5-6H2,1H3. The van der Waals surface area contributed by atoms with Gasteiger partial charge in [0.15, 0.2) is 0 Å². The molecule has 0 saturated heterocycles. The summed E-state index contributed by atoms with van der Waals surface area (Å²) < 4.78 is 5.91. The molecule has 0 aliphatic heterocycles. The van der Waals surface area contributed by atoms with Crippen molar-refractivity contribution in [1.29, 1.82) is 0 Å². The molecule has 0 bridgehead atoms. The molecule has 30 heavy (non-hydrogen) atoms. The van der Waals surface area contributed by atoms with Crippen LogP contribution in [0.3, 0.4) is 0 Å². The number of aliphatic imine (C=N–C) groups is 1. The second-order valence-corrected chi connectivity index (χ2v) is 7.83. The number of nitrogens with zero attached hydrogens (tertiary/aromatic N) is 1. The smallest absolute Gasteiger partial charge is 0.127 e. The van der Waals surface area contributed by atoms with E-state index in [4.69, 9.17) is 9.73 Å². The molecule has 0 unspecified atom stereocenters. The maximum absolute atomic E-state index is 5.91. The molecule has 2 aromatic heterocycles. The Morgan fingerprint density at radius 3 is 2.27 bits per heavy atom. The second kappa shape index (κ2) is 8.07. The lowest BCUT2D eigenvalue weighted by Gasteiger charge is -2.12. The zero-order chi connectivity index (χ0) is 20.3. The summed E-state index contributed by atoms with van der Waals surface area (Å²) in [6, 6.07) is 20.1. The van der Waals surface area contributed by atoms with Crippen LogP contribution >= 0.6 is 0 Å². The Balaban J connectivity index is 1.36. The van der Waals surface area contributed by atoms with E-state index in [1.165, 1.54) is 35.2 Å². The molecule has 2 aromatic carbocycles. The zero-order valence-electron chi connectivity index (χ0n) is 17.1. The van der Waals surface area contributed by atoms with Crippen molar-refractivity contribution >= 4 is 11.9 Å². The average molecular weight is 396 g/mol. The van der Waals surface area contributed by atoms with Crippen molar-refractivity contribution in [2.75, 3.05) is 0 Å². The maximum Gasteiger partial charge on any atom is 0.127 e. The van der Waals surface area contributed by atoms with E-state index in [9.17, 15) is 0 Å². The van der Waals surface area contributed by atoms with Crippen molar-refractivity contribution in [3.05, 3.63) is 89.2 Å². The van der Waals surface area contributed by atoms with Gasteiger partial charge in [-0.3, -0.25) is 4.99 Å². The third kappa shape index (κ3) is 3.81. The number of hydrogen-bond donors (Lipinski definition) is 2. The molecule has 0 spiro atoms. The minimum atomic E-state index is 0.809. The Kier molecular flexibility index (Phi) is 4.98. The van der Waals surface area contributed by atoms with E-state index in [1.807, 2.05) is 67.0 Å². The number of aromatic nitrogens is 2. The quantitative estimate of drug-likeness (QED) is 0.361. The van der Waals surface area contributed by atoms with E-state index < -0.39 is 0 Å². The van der Waals surface area contributed by atoms with E-state index >= 15 is 0 Å². The monoisotopic (exact) mass is 395 g/mol. The molecule has 4 heteroatoms. The molecule has 0 amide bonds. The lowest BCUT2D eigenvalue weighted by molar-refractivity contribution is 0.482. The molecule has 1 aliphatic carbocycles. The Hall–Kier alpha value is -3.53. The van der Waals surface area contributed by atoms with Gasteiger partial charge in [-0.1, -0.05) is 17.7 Å². The first-order valence-electron chi connectivity index (χ1n) is 10.5. The van der Waals surface area contributed by atoms with Crippen LogP contribution in [-0.4, -0.2) is 16.2 Å². The highest BCUT2D eigenvalue weighted by Gasteiger charge is 2.20. The van der Waals surface area contributed by atoms with Crippen LogP contribution < -0.4 is 4.74 Å². The molecule has 5 rings (SSSR count). The van der Waals surface area contributed by atoms with Crippen LogP contribution in [0.4, 0.5) is 5.69 Å². The van der Waals surface area contributed by atoms with Crippen LogP contribution in [0, 0.1) is 6.92 Å². The largest absolute Gasteiger partial charge is 0.457 e. The van der Waals surface area contributed by atoms with E-state index in [0.717, 1.165) is 41.4 Å². The highest BCUT2D eigenvalue weighted by atomic mass is 16.5. The molecule has 0 atom stereocenters. The van der Waals surface area contributed by atoms with E-state index in [2.05, 4.69) is 23.0 Å². The van der Waals surface area contributed by atoms with Crippen molar-refractivity contribution in [2.24, 2.45) is 4.99 Å². The van der Waals surface area contributed by atoms with Crippen molar-refractivity contribution in [2.45, 2.75) is 32.6 Å². The predicted octanol–water partition coefficient (Wildman–Crippen LogP) is 6.74. The lowest BCUT2D eigenvalue weighted by atomic mass is 9.91. The lowest BCUT2D eigenvalue weighted by Crippen LogP contribution is -2.02. The maximum atomic E-state index is 5.91. The van der Waals surface area contributed by atoms with Gasteiger partial charge in [0.05, 0.1) is 29.0 Å². The summed E-state index contributed by atoms with van der Waals surface area (Å²) in [5, 5.41) is 0. The second-order valence-electron chi connectivity index (χ2n) is 7.83. The fourth-order valence-corrected chi connectivity index (χ4v) is 4.07. The zero-order valence-corrected chi connectivity index (χ0v) is 17.1. The number of benzene rings is 2. The minimum absolute atomic E-state index is 0.809. The summed E-state index contributed by atoms with van der Waals surface area (Å²) in [6.07, 6.45) is 8.65. The van der Waals surface area contributed by atoms with Gasteiger partial charge in [0.25, 0.3) is 0 Å².